The van der Waals surface area contributed by atoms with Gasteiger partial charge < -0.3 is 14.4 Å². The van der Waals surface area contributed by atoms with E-state index >= 15 is 0 Å². The summed E-state index contributed by atoms with van der Waals surface area (Å²) in [6.45, 7) is 3.77. The van der Waals surface area contributed by atoms with Crippen molar-refractivity contribution in [3.63, 3.8) is 0 Å². The maximum Gasteiger partial charge on any atom is 0.249 e. The summed E-state index contributed by atoms with van der Waals surface area (Å²) in [6.07, 6.45) is 10.0. The molecule has 134 valence electrons. The zero-order valence-corrected chi connectivity index (χ0v) is 14.6. The highest BCUT2D eigenvalue weighted by Crippen LogP contribution is 2.36. The number of hydrogen-bond donors (Lipinski definition) is 0. The van der Waals surface area contributed by atoms with E-state index in [0.717, 1.165) is 63.1 Å². The third kappa shape index (κ3) is 3.77. The largest absolute Gasteiger partial charge is 0.377 e. The molecule has 5 nitrogen and oxygen atoms in total. The monoisotopic (exact) mass is 342 g/mol. The van der Waals surface area contributed by atoms with Crippen molar-refractivity contribution in [3.8, 4) is 0 Å². The Balaban J connectivity index is 1.24. The number of carbonyl (C=O) groups excluding carboxylic acids is 1. The zero-order valence-electron chi connectivity index (χ0n) is 14.6. The highest BCUT2D eigenvalue weighted by Gasteiger charge is 2.45. The number of nitrogens with zero attached hydrogens (tertiary/aromatic N) is 2. The van der Waals surface area contributed by atoms with Gasteiger partial charge >= 0.3 is 0 Å². The van der Waals surface area contributed by atoms with Gasteiger partial charge in [-0.3, -0.25) is 9.78 Å². The van der Waals surface area contributed by atoms with Crippen LogP contribution in [0.25, 0.3) is 0 Å². The molecule has 5 heteroatoms. The molecule has 3 heterocycles. The third-order valence-electron chi connectivity index (χ3n) is 5.69. The van der Waals surface area contributed by atoms with Crippen LogP contribution in [0.15, 0.2) is 36.2 Å². The molecule has 0 N–H and O–H groups in total. The van der Waals surface area contributed by atoms with Crippen molar-refractivity contribution in [2.45, 2.75) is 38.4 Å². The van der Waals surface area contributed by atoms with Crippen LogP contribution < -0.4 is 0 Å². The van der Waals surface area contributed by atoms with Gasteiger partial charge in [0, 0.05) is 43.6 Å². The summed E-state index contributed by atoms with van der Waals surface area (Å²) in [6, 6.07) is 3.96. The van der Waals surface area contributed by atoms with E-state index < -0.39 is 0 Å². The fourth-order valence-electron chi connectivity index (χ4n) is 4.23. The predicted molar refractivity (Wildman–Crippen MR) is 93.7 cm³/mol. The van der Waals surface area contributed by atoms with Crippen molar-refractivity contribution in [3.05, 3.63) is 41.7 Å². The first-order valence-corrected chi connectivity index (χ1v) is 9.38. The highest BCUT2D eigenvalue weighted by atomic mass is 16.5. The van der Waals surface area contributed by atoms with Crippen molar-refractivity contribution < 1.29 is 14.3 Å². The molecule has 0 radical (unpaired) electrons. The number of allylic oxidation sites excluding steroid dienone is 1. The molecular formula is C20H26N2O3. The summed E-state index contributed by atoms with van der Waals surface area (Å²) in [4.78, 5) is 18.6. The quantitative estimate of drug-likeness (QED) is 0.746. The second kappa shape index (κ2) is 7.67. The van der Waals surface area contributed by atoms with Gasteiger partial charge in [-0.05, 0) is 49.3 Å². The second-order valence-electron chi connectivity index (χ2n) is 7.32. The number of amides is 1. The maximum atomic E-state index is 12.6. The smallest absolute Gasteiger partial charge is 0.249 e. The van der Waals surface area contributed by atoms with Crippen molar-refractivity contribution in [1.29, 1.82) is 0 Å². The van der Waals surface area contributed by atoms with Crippen LogP contribution in [0.4, 0.5) is 0 Å². The van der Waals surface area contributed by atoms with E-state index in [9.17, 15) is 4.79 Å². The Bertz CT molecular complexity index is 631. The van der Waals surface area contributed by atoms with Gasteiger partial charge in [-0.2, -0.15) is 0 Å². The molecule has 2 aliphatic heterocycles. The first-order valence-electron chi connectivity index (χ1n) is 9.38. The molecule has 1 amide bonds. The number of pyridine rings is 1. The van der Waals surface area contributed by atoms with Crippen LogP contribution in [0.5, 0.6) is 0 Å². The van der Waals surface area contributed by atoms with E-state index in [1.54, 1.807) is 12.4 Å². The summed E-state index contributed by atoms with van der Waals surface area (Å²) in [7, 11) is 0. The Labute approximate surface area is 149 Å². The van der Waals surface area contributed by atoms with Gasteiger partial charge in [-0.15, -0.1) is 0 Å². The molecule has 0 spiro atoms. The molecule has 0 unspecified atom stereocenters. The number of fused-ring (bicyclic) bond motifs is 1. The lowest BCUT2D eigenvalue weighted by atomic mass is 9.91. The Morgan fingerprint density at radius 3 is 3.00 bits per heavy atom. The summed E-state index contributed by atoms with van der Waals surface area (Å²) in [5, 5.41) is 0. The van der Waals surface area contributed by atoms with Crippen LogP contribution in [0, 0.1) is 11.8 Å². The molecule has 1 aromatic heterocycles. The number of aromatic nitrogens is 1. The number of hydrogen-bond acceptors (Lipinski definition) is 4. The topological polar surface area (TPSA) is 51.7 Å². The van der Waals surface area contributed by atoms with Crippen LogP contribution >= 0.6 is 0 Å². The zero-order chi connectivity index (χ0) is 17.1. The van der Waals surface area contributed by atoms with Crippen LogP contribution in [-0.4, -0.2) is 48.2 Å². The normalized spacial score (nSPS) is 28.2. The minimum atomic E-state index is 0.219. The lowest BCUT2D eigenvalue weighted by Gasteiger charge is -2.20. The fraction of sp³-hybridized carbons (Fsp3) is 0.600. The first kappa shape index (κ1) is 16.7. The molecule has 2 fully saturated rings. The number of ether oxygens (including phenoxy) is 2. The number of rotatable bonds is 6. The van der Waals surface area contributed by atoms with E-state index in [2.05, 4.69) is 11.1 Å². The third-order valence-corrected chi connectivity index (χ3v) is 5.69. The lowest BCUT2D eigenvalue weighted by Crippen LogP contribution is -2.32. The first-order chi connectivity index (χ1) is 12.3. The summed E-state index contributed by atoms with van der Waals surface area (Å²) in [5.74, 6) is 1.21. The molecule has 0 bridgehead atoms. The van der Waals surface area contributed by atoms with E-state index in [1.807, 2.05) is 17.0 Å². The fourth-order valence-corrected chi connectivity index (χ4v) is 4.23. The minimum absolute atomic E-state index is 0.219. The van der Waals surface area contributed by atoms with Gasteiger partial charge in [-0.25, -0.2) is 0 Å². The summed E-state index contributed by atoms with van der Waals surface area (Å²) < 4.78 is 11.8. The molecular weight excluding hydrogens is 316 g/mol. The van der Waals surface area contributed by atoms with Crippen LogP contribution in [0.2, 0.25) is 0 Å². The Morgan fingerprint density at radius 1 is 1.32 bits per heavy atom. The average molecular weight is 342 g/mol. The predicted octanol–water partition coefficient (Wildman–Crippen LogP) is 2.57. The number of carbonyl (C=O) groups is 1. The second-order valence-corrected chi connectivity index (χ2v) is 7.32. The van der Waals surface area contributed by atoms with Crippen LogP contribution in [-0.2, 0) is 20.9 Å². The van der Waals surface area contributed by atoms with Crippen molar-refractivity contribution in [2.24, 2.45) is 11.8 Å². The molecule has 3 atom stereocenters. The van der Waals surface area contributed by atoms with E-state index in [-0.39, 0.29) is 12.0 Å². The Hall–Kier alpha value is -1.72. The molecule has 0 saturated carbocycles. The summed E-state index contributed by atoms with van der Waals surface area (Å²) in [5.41, 5.74) is 2.16. The van der Waals surface area contributed by atoms with Gasteiger partial charge in [0.2, 0.25) is 5.91 Å². The van der Waals surface area contributed by atoms with E-state index in [0.29, 0.717) is 18.4 Å². The van der Waals surface area contributed by atoms with Gasteiger partial charge in [0.1, 0.15) is 0 Å². The van der Waals surface area contributed by atoms with Crippen LogP contribution in [0.1, 0.15) is 31.2 Å². The molecule has 1 aromatic rings. The van der Waals surface area contributed by atoms with E-state index in [1.165, 1.54) is 0 Å². The highest BCUT2D eigenvalue weighted by molar-refractivity contribution is 5.94. The van der Waals surface area contributed by atoms with Gasteiger partial charge in [0.05, 0.1) is 19.3 Å². The molecule has 0 aromatic carbocycles. The van der Waals surface area contributed by atoms with Gasteiger partial charge in [-0.1, -0.05) is 6.08 Å². The maximum absolute atomic E-state index is 12.6. The average Bonchev–Trinajstić information content (AvgIpc) is 3.37. The molecule has 1 aliphatic carbocycles. The SMILES string of the molecule is O=C(C1=CCCC1)N1C[C@H]2[C@@H](CCOCc3ccncc3)CO[C@H]2C1. The van der Waals surface area contributed by atoms with Crippen molar-refractivity contribution in [1.82, 2.24) is 9.88 Å². The molecule has 4 rings (SSSR count). The number of likely N-dealkylation sites (tertiary alicyclic amines) is 1. The Kier molecular flexibility index (Phi) is 5.13. The Morgan fingerprint density at radius 2 is 2.20 bits per heavy atom. The minimum Gasteiger partial charge on any atom is -0.377 e. The standard InChI is InChI=1S/C20H26N2O3/c23-20(16-3-1-2-4-16)22-11-18-17(14-25-19(18)12-22)7-10-24-13-15-5-8-21-9-6-15/h3,5-6,8-9,17-19H,1-2,4,7,10-14H2/t17-,18-,19-/m0/s1. The van der Waals surface area contributed by atoms with Gasteiger partial charge in [0.25, 0.3) is 0 Å². The van der Waals surface area contributed by atoms with Gasteiger partial charge in [0.15, 0.2) is 0 Å². The molecule has 25 heavy (non-hydrogen) atoms. The molecule has 3 aliphatic rings. The van der Waals surface area contributed by atoms with E-state index in [4.69, 9.17) is 9.47 Å². The lowest BCUT2D eigenvalue weighted by molar-refractivity contribution is -0.127. The van der Waals surface area contributed by atoms with Crippen LogP contribution in [0.3, 0.4) is 0 Å². The molecule has 2 saturated heterocycles. The summed E-state index contributed by atoms with van der Waals surface area (Å²) >= 11 is 0. The van der Waals surface area contributed by atoms with Crippen molar-refractivity contribution in [2.75, 3.05) is 26.3 Å². The van der Waals surface area contributed by atoms with Crippen molar-refractivity contribution >= 4 is 5.91 Å².